The zero-order valence-corrected chi connectivity index (χ0v) is 16.0. The summed E-state index contributed by atoms with van der Waals surface area (Å²) in [5.74, 6) is 1.45. The summed E-state index contributed by atoms with van der Waals surface area (Å²) in [4.78, 5) is 25.9. The lowest BCUT2D eigenvalue weighted by molar-refractivity contribution is -0.117. The largest absolute Gasteiger partial charge is 0.486 e. The third kappa shape index (κ3) is 4.66. The molecule has 0 saturated carbocycles. The predicted molar refractivity (Wildman–Crippen MR) is 109 cm³/mol. The molecule has 1 aromatic heterocycles. The van der Waals surface area contributed by atoms with Crippen molar-refractivity contribution in [2.45, 2.75) is 26.0 Å². The van der Waals surface area contributed by atoms with Crippen molar-refractivity contribution in [2.24, 2.45) is 0 Å². The van der Waals surface area contributed by atoms with Crippen LogP contribution in [0.15, 0.2) is 71.1 Å². The number of para-hydroxylation sites is 1. The van der Waals surface area contributed by atoms with E-state index in [1.165, 1.54) is 0 Å². The van der Waals surface area contributed by atoms with E-state index in [-0.39, 0.29) is 24.2 Å². The lowest BCUT2D eigenvalue weighted by Gasteiger charge is -2.16. The molecule has 0 bridgehead atoms. The van der Waals surface area contributed by atoms with E-state index in [0.29, 0.717) is 18.7 Å². The quantitative estimate of drug-likeness (QED) is 0.664. The van der Waals surface area contributed by atoms with Crippen molar-refractivity contribution in [2.75, 3.05) is 11.4 Å². The Morgan fingerprint density at radius 2 is 1.83 bits per heavy atom. The van der Waals surface area contributed by atoms with E-state index in [2.05, 4.69) is 5.32 Å². The first-order valence-corrected chi connectivity index (χ1v) is 9.63. The van der Waals surface area contributed by atoms with Crippen LogP contribution in [0.3, 0.4) is 0 Å². The Kier molecular flexibility index (Phi) is 5.61. The van der Waals surface area contributed by atoms with Gasteiger partial charge in [0.2, 0.25) is 5.91 Å². The summed E-state index contributed by atoms with van der Waals surface area (Å²) in [6, 6.07) is 20.5. The molecule has 4 rings (SSSR count). The van der Waals surface area contributed by atoms with Gasteiger partial charge in [-0.15, -0.1) is 0 Å². The lowest BCUT2D eigenvalue weighted by Crippen LogP contribution is -2.24. The van der Waals surface area contributed by atoms with Crippen molar-refractivity contribution in [1.29, 1.82) is 0 Å². The summed E-state index contributed by atoms with van der Waals surface area (Å²) in [5.41, 5.74) is 1.85. The van der Waals surface area contributed by atoms with Crippen molar-refractivity contribution >= 4 is 17.5 Å². The van der Waals surface area contributed by atoms with Gasteiger partial charge in [-0.3, -0.25) is 9.59 Å². The minimum absolute atomic E-state index is 0.163. The Morgan fingerprint density at radius 1 is 1.03 bits per heavy atom. The molecule has 6 nitrogen and oxygen atoms in total. The molecule has 0 spiro atoms. The zero-order valence-electron chi connectivity index (χ0n) is 16.0. The molecule has 6 heteroatoms. The standard InChI is InChI=1S/C23H22N2O4/c26-22-7-4-14-25(22)18-10-8-17(9-11-18)15-24-23(27)21-13-12-20(29-21)16-28-19-5-2-1-3-6-19/h1-3,5-6,8-13H,4,7,14-16H2,(H,24,27). The minimum atomic E-state index is -0.283. The molecule has 0 radical (unpaired) electrons. The number of nitrogens with one attached hydrogen (secondary N) is 1. The zero-order chi connectivity index (χ0) is 20.1. The van der Waals surface area contributed by atoms with Gasteiger partial charge >= 0.3 is 0 Å². The van der Waals surface area contributed by atoms with Crippen LogP contribution in [0, 0.1) is 0 Å². The van der Waals surface area contributed by atoms with E-state index in [0.717, 1.165) is 30.0 Å². The number of anilines is 1. The second-order valence-electron chi connectivity index (χ2n) is 6.87. The molecule has 2 amide bonds. The van der Waals surface area contributed by atoms with Crippen LogP contribution in [0.25, 0.3) is 0 Å². The lowest BCUT2D eigenvalue weighted by atomic mass is 10.2. The average molecular weight is 390 g/mol. The summed E-state index contributed by atoms with van der Waals surface area (Å²) in [6.45, 7) is 1.40. The van der Waals surface area contributed by atoms with Crippen LogP contribution in [0.4, 0.5) is 5.69 Å². The molecule has 3 aromatic rings. The molecular weight excluding hydrogens is 368 g/mol. The topological polar surface area (TPSA) is 71.8 Å². The Labute approximate surface area is 169 Å². The fourth-order valence-electron chi connectivity index (χ4n) is 3.23. The van der Waals surface area contributed by atoms with Crippen LogP contribution < -0.4 is 15.0 Å². The molecule has 0 unspecified atom stereocenters. The van der Waals surface area contributed by atoms with Gasteiger partial charge in [0, 0.05) is 25.2 Å². The molecule has 1 saturated heterocycles. The van der Waals surface area contributed by atoms with Crippen molar-refractivity contribution in [1.82, 2.24) is 5.32 Å². The first-order chi connectivity index (χ1) is 14.2. The van der Waals surface area contributed by atoms with Crippen LogP contribution in [-0.2, 0) is 17.9 Å². The van der Waals surface area contributed by atoms with Crippen LogP contribution >= 0.6 is 0 Å². The summed E-state index contributed by atoms with van der Waals surface area (Å²) in [6.07, 6.45) is 1.51. The highest BCUT2D eigenvalue weighted by Gasteiger charge is 2.21. The summed E-state index contributed by atoms with van der Waals surface area (Å²) in [5, 5.41) is 2.85. The molecule has 1 aliphatic rings. The van der Waals surface area contributed by atoms with Crippen molar-refractivity contribution in [3.8, 4) is 5.75 Å². The molecule has 0 aliphatic carbocycles. The van der Waals surface area contributed by atoms with Crippen LogP contribution in [0.2, 0.25) is 0 Å². The van der Waals surface area contributed by atoms with Crippen molar-refractivity contribution in [3.05, 3.63) is 83.8 Å². The van der Waals surface area contributed by atoms with E-state index in [1.807, 2.05) is 54.6 Å². The number of carbonyl (C=O) groups excluding carboxylic acids is 2. The first kappa shape index (κ1) is 18.8. The number of nitrogens with zero attached hydrogens (tertiary/aromatic N) is 1. The second kappa shape index (κ2) is 8.65. The fourth-order valence-corrected chi connectivity index (χ4v) is 3.23. The van der Waals surface area contributed by atoms with Crippen LogP contribution in [-0.4, -0.2) is 18.4 Å². The summed E-state index contributed by atoms with van der Waals surface area (Å²) in [7, 11) is 0. The molecule has 148 valence electrons. The highest BCUT2D eigenvalue weighted by Crippen LogP contribution is 2.21. The number of amides is 2. The van der Waals surface area contributed by atoms with Gasteiger partial charge in [0.1, 0.15) is 18.1 Å². The monoisotopic (exact) mass is 390 g/mol. The summed E-state index contributed by atoms with van der Waals surface area (Å²) < 4.78 is 11.2. The van der Waals surface area contributed by atoms with Gasteiger partial charge in [-0.1, -0.05) is 30.3 Å². The third-order valence-corrected chi connectivity index (χ3v) is 4.78. The van der Waals surface area contributed by atoms with Gasteiger partial charge in [0.15, 0.2) is 5.76 Å². The Bertz CT molecular complexity index is 980. The third-order valence-electron chi connectivity index (χ3n) is 4.78. The highest BCUT2D eigenvalue weighted by atomic mass is 16.5. The molecule has 2 aromatic carbocycles. The SMILES string of the molecule is O=C(NCc1ccc(N2CCCC2=O)cc1)c1ccc(COc2ccccc2)o1. The molecular formula is C23H22N2O4. The maximum absolute atomic E-state index is 12.3. The van der Waals surface area contributed by atoms with Gasteiger partial charge in [0.25, 0.3) is 5.91 Å². The molecule has 1 N–H and O–H groups in total. The number of rotatable bonds is 7. The number of carbonyl (C=O) groups is 2. The van der Waals surface area contributed by atoms with Crippen LogP contribution in [0.1, 0.15) is 34.7 Å². The van der Waals surface area contributed by atoms with Crippen molar-refractivity contribution < 1.29 is 18.7 Å². The van der Waals surface area contributed by atoms with Gasteiger partial charge in [0.05, 0.1) is 0 Å². The Balaban J connectivity index is 1.28. The van der Waals surface area contributed by atoms with Crippen LogP contribution in [0.5, 0.6) is 5.75 Å². The maximum Gasteiger partial charge on any atom is 0.287 e. The molecule has 2 heterocycles. The van der Waals surface area contributed by atoms with Crippen molar-refractivity contribution in [3.63, 3.8) is 0 Å². The average Bonchev–Trinajstić information content (AvgIpc) is 3.41. The summed E-state index contributed by atoms with van der Waals surface area (Å²) >= 11 is 0. The maximum atomic E-state index is 12.3. The smallest absolute Gasteiger partial charge is 0.287 e. The van der Waals surface area contributed by atoms with E-state index < -0.39 is 0 Å². The first-order valence-electron chi connectivity index (χ1n) is 9.63. The number of hydrogen-bond acceptors (Lipinski definition) is 4. The van der Waals surface area contributed by atoms with Gasteiger partial charge in [-0.25, -0.2) is 0 Å². The Hall–Kier alpha value is -3.54. The van der Waals surface area contributed by atoms with E-state index in [1.54, 1.807) is 17.0 Å². The predicted octanol–water partition coefficient (Wildman–Crippen LogP) is 3.92. The Morgan fingerprint density at radius 3 is 2.55 bits per heavy atom. The fraction of sp³-hybridized carbons (Fsp3) is 0.217. The van der Waals surface area contributed by atoms with Gasteiger partial charge in [-0.2, -0.15) is 0 Å². The molecule has 1 aliphatic heterocycles. The highest BCUT2D eigenvalue weighted by molar-refractivity contribution is 5.95. The molecule has 29 heavy (non-hydrogen) atoms. The number of hydrogen-bond donors (Lipinski definition) is 1. The minimum Gasteiger partial charge on any atom is -0.486 e. The van der Waals surface area contributed by atoms with Gasteiger partial charge < -0.3 is 19.4 Å². The molecule has 0 atom stereocenters. The van der Waals surface area contributed by atoms with Gasteiger partial charge in [-0.05, 0) is 48.4 Å². The van der Waals surface area contributed by atoms with E-state index in [9.17, 15) is 9.59 Å². The second-order valence-corrected chi connectivity index (χ2v) is 6.87. The van der Waals surface area contributed by atoms with E-state index in [4.69, 9.17) is 9.15 Å². The number of furan rings is 1. The van der Waals surface area contributed by atoms with E-state index >= 15 is 0 Å². The molecule has 1 fully saturated rings. The number of benzene rings is 2. The normalized spacial score (nSPS) is 13.5. The number of ether oxygens (including phenoxy) is 1.